The lowest BCUT2D eigenvalue weighted by atomic mass is 10.1. The van der Waals surface area contributed by atoms with Crippen LogP contribution in [0.2, 0.25) is 0 Å². The summed E-state index contributed by atoms with van der Waals surface area (Å²) in [5.74, 6) is 0.986. The number of benzene rings is 2. The standard InChI is InChI=1S/C26H31NO4S/c1-4-5-6-7-8-9-16-31-22-15-12-20(17-23(22)30-3)18-24-25(28)27(26(29)32-24)21-13-10-19(2)11-14-21/h10-15,17-18H,4-9,16H2,1-3H3/b24-18-. The number of thioether (sulfide) groups is 1. The predicted octanol–water partition coefficient (Wildman–Crippen LogP) is 6.98. The van der Waals surface area contributed by atoms with Crippen LogP contribution in [0.3, 0.4) is 0 Å². The second-order valence-corrected chi connectivity index (χ2v) is 8.87. The molecule has 0 saturated carbocycles. The molecule has 1 saturated heterocycles. The van der Waals surface area contributed by atoms with Crippen LogP contribution in [0, 0.1) is 6.92 Å². The number of nitrogens with zero attached hydrogens (tertiary/aromatic N) is 1. The molecule has 0 unspecified atom stereocenters. The molecule has 0 radical (unpaired) electrons. The fourth-order valence-electron chi connectivity index (χ4n) is 3.49. The highest BCUT2D eigenvalue weighted by molar-refractivity contribution is 8.19. The first kappa shape index (κ1) is 23.9. The molecule has 1 aliphatic rings. The van der Waals surface area contributed by atoms with Crippen LogP contribution in [0.25, 0.3) is 6.08 Å². The topological polar surface area (TPSA) is 55.8 Å². The molecule has 2 amide bonds. The van der Waals surface area contributed by atoms with Crippen LogP contribution < -0.4 is 14.4 Å². The summed E-state index contributed by atoms with van der Waals surface area (Å²) in [6.45, 7) is 4.83. The highest BCUT2D eigenvalue weighted by Gasteiger charge is 2.36. The zero-order valence-corrected chi connectivity index (χ0v) is 19.9. The Morgan fingerprint density at radius 3 is 2.38 bits per heavy atom. The van der Waals surface area contributed by atoms with Crippen LogP contribution in [0.5, 0.6) is 11.5 Å². The lowest BCUT2D eigenvalue weighted by molar-refractivity contribution is -0.113. The quantitative estimate of drug-likeness (QED) is 0.271. The first-order valence-electron chi connectivity index (χ1n) is 11.2. The summed E-state index contributed by atoms with van der Waals surface area (Å²) in [4.78, 5) is 26.9. The van der Waals surface area contributed by atoms with Crippen LogP contribution in [-0.4, -0.2) is 24.9 Å². The van der Waals surface area contributed by atoms with Crippen molar-refractivity contribution < 1.29 is 19.1 Å². The van der Waals surface area contributed by atoms with Crippen LogP contribution >= 0.6 is 11.8 Å². The largest absolute Gasteiger partial charge is 0.493 e. The molecule has 0 spiro atoms. The molecule has 32 heavy (non-hydrogen) atoms. The number of hydrogen-bond donors (Lipinski definition) is 0. The number of carbonyl (C=O) groups excluding carboxylic acids is 2. The maximum Gasteiger partial charge on any atom is 0.298 e. The zero-order valence-electron chi connectivity index (χ0n) is 19.1. The van der Waals surface area contributed by atoms with E-state index in [0.29, 0.717) is 28.7 Å². The fourth-order valence-corrected chi connectivity index (χ4v) is 4.33. The summed E-state index contributed by atoms with van der Waals surface area (Å²) in [5.41, 5.74) is 2.43. The van der Waals surface area contributed by atoms with Gasteiger partial charge in [-0.05, 0) is 61.0 Å². The molecule has 1 heterocycles. The summed E-state index contributed by atoms with van der Waals surface area (Å²) >= 11 is 0.945. The Morgan fingerprint density at radius 2 is 1.66 bits per heavy atom. The van der Waals surface area contributed by atoms with E-state index in [1.807, 2.05) is 37.3 Å². The molecule has 6 heteroatoms. The minimum Gasteiger partial charge on any atom is -0.493 e. The Morgan fingerprint density at radius 1 is 0.938 bits per heavy atom. The summed E-state index contributed by atoms with van der Waals surface area (Å²) < 4.78 is 11.4. The van der Waals surface area contributed by atoms with Gasteiger partial charge in [-0.1, -0.05) is 62.8 Å². The number of unbranched alkanes of at least 4 members (excludes halogenated alkanes) is 5. The molecular weight excluding hydrogens is 422 g/mol. The normalized spacial score (nSPS) is 15.0. The Hall–Kier alpha value is -2.73. The third kappa shape index (κ3) is 6.16. The fraction of sp³-hybridized carbons (Fsp3) is 0.385. The van der Waals surface area contributed by atoms with Crippen molar-refractivity contribution in [3.8, 4) is 11.5 Å². The Balaban J connectivity index is 1.64. The third-order valence-electron chi connectivity index (χ3n) is 5.33. The summed E-state index contributed by atoms with van der Waals surface area (Å²) in [7, 11) is 1.60. The molecule has 0 atom stereocenters. The van der Waals surface area contributed by atoms with E-state index < -0.39 is 0 Å². The minimum atomic E-state index is -0.314. The van der Waals surface area contributed by atoms with Crippen molar-refractivity contribution in [1.29, 1.82) is 0 Å². The molecule has 1 aliphatic heterocycles. The highest BCUT2D eigenvalue weighted by Crippen LogP contribution is 2.37. The van der Waals surface area contributed by atoms with Crippen molar-refractivity contribution >= 4 is 34.7 Å². The lowest BCUT2D eigenvalue weighted by Crippen LogP contribution is -2.27. The number of hydrogen-bond acceptors (Lipinski definition) is 5. The van der Waals surface area contributed by atoms with Crippen molar-refractivity contribution in [2.75, 3.05) is 18.6 Å². The van der Waals surface area contributed by atoms with E-state index in [1.54, 1.807) is 25.3 Å². The van der Waals surface area contributed by atoms with E-state index in [2.05, 4.69) is 6.92 Å². The number of rotatable bonds is 11. The minimum absolute atomic E-state index is 0.295. The maximum atomic E-state index is 12.9. The van der Waals surface area contributed by atoms with Gasteiger partial charge >= 0.3 is 0 Å². The third-order valence-corrected chi connectivity index (χ3v) is 6.20. The van der Waals surface area contributed by atoms with Crippen molar-refractivity contribution in [1.82, 2.24) is 0 Å². The smallest absolute Gasteiger partial charge is 0.298 e. The molecule has 2 aromatic carbocycles. The van der Waals surface area contributed by atoms with Gasteiger partial charge in [0.15, 0.2) is 11.5 Å². The monoisotopic (exact) mass is 453 g/mol. The molecule has 0 N–H and O–H groups in total. The van der Waals surface area contributed by atoms with Gasteiger partial charge in [0, 0.05) is 0 Å². The second-order valence-electron chi connectivity index (χ2n) is 7.88. The molecule has 5 nitrogen and oxygen atoms in total. The number of methoxy groups -OCH3 is 1. The molecule has 0 bridgehead atoms. The number of aryl methyl sites for hydroxylation is 1. The number of amides is 2. The average Bonchev–Trinajstić information content (AvgIpc) is 3.07. The van der Waals surface area contributed by atoms with E-state index in [0.717, 1.165) is 35.7 Å². The summed E-state index contributed by atoms with van der Waals surface area (Å²) in [6.07, 6.45) is 8.96. The first-order valence-corrected chi connectivity index (χ1v) is 12.0. The van der Waals surface area contributed by atoms with Gasteiger partial charge in [0.05, 0.1) is 24.3 Å². The van der Waals surface area contributed by atoms with E-state index in [-0.39, 0.29) is 11.1 Å². The van der Waals surface area contributed by atoms with Gasteiger partial charge in [0.1, 0.15) is 0 Å². The summed E-state index contributed by atoms with van der Waals surface area (Å²) in [6, 6.07) is 12.9. The molecule has 2 aromatic rings. The van der Waals surface area contributed by atoms with Gasteiger partial charge in [0.25, 0.3) is 11.1 Å². The highest BCUT2D eigenvalue weighted by atomic mass is 32.2. The number of carbonyl (C=O) groups is 2. The molecule has 3 rings (SSSR count). The molecule has 0 aliphatic carbocycles. The molecular formula is C26H31NO4S. The van der Waals surface area contributed by atoms with Gasteiger partial charge in [-0.3, -0.25) is 9.59 Å². The Labute approximate surface area is 194 Å². The predicted molar refractivity (Wildman–Crippen MR) is 131 cm³/mol. The van der Waals surface area contributed by atoms with Gasteiger partial charge < -0.3 is 9.47 Å². The van der Waals surface area contributed by atoms with Crippen LogP contribution in [-0.2, 0) is 4.79 Å². The SMILES string of the molecule is CCCCCCCCOc1ccc(/C=C2\SC(=O)N(c3ccc(C)cc3)C2=O)cc1OC. The van der Waals surface area contributed by atoms with Crippen molar-refractivity contribution in [2.24, 2.45) is 0 Å². The molecule has 1 fully saturated rings. The van der Waals surface area contributed by atoms with Crippen molar-refractivity contribution in [3.63, 3.8) is 0 Å². The molecule has 0 aromatic heterocycles. The molecule has 170 valence electrons. The van der Waals surface area contributed by atoms with Gasteiger partial charge in [-0.25, -0.2) is 4.90 Å². The van der Waals surface area contributed by atoms with Crippen LogP contribution in [0.1, 0.15) is 56.6 Å². The van der Waals surface area contributed by atoms with E-state index in [9.17, 15) is 9.59 Å². The van der Waals surface area contributed by atoms with Crippen LogP contribution in [0.4, 0.5) is 10.5 Å². The number of imide groups is 1. The Kier molecular flexibility index (Phi) is 8.80. The maximum absolute atomic E-state index is 12.9. The zero-order chi connectivity index (χ0) is 22.9. The van der Waals surface area contributed by atoms with Gasteiger partial charge in [0.2, 0.25) is 0 Å². The van der Waals surface area contributed by atoms with E-state index >= 15 is 0 Å². The first-order chi connectivity index (χ1) is 15.5. The lowest BCUT2D eigenvalue weighted by Gasteiger charge is -2.12. The van der Waals surface area contributed by atoms with Crippen molar-refractivity contribution in [3.05, 3.63) is 58.5 Å². The number of ether oxygens (including phenoxy) is 2. The van der Waals surface area contributed by atoms with Gasteiger partial charge in [-0.2, -0.15) is 0 Å². The average molecular weight is 454 g/mol. The summed E-state index contributed by atoms with van der Waals surface area (Å²) in [5, 5.41) is -0.295. The number of anilines is 1. The van der Waals surface area contributed by atoms with E-state index in [1.165, 1.54) is 30.6 Å². The Bertz CT molecular complexity index is 968. The van der Waals surface area contributed by atoms with Gasteiger partial charge in [-0.15, -0.1) is 0 Å². The second kappa shape index (κ2) is 11.8. The van der Waals surface area contributed by atoms with Crippen molar-refractivity contribution in [2.45, 2.75) is 52.4 Å². The van der Waals surface area contributed by atoms with Crippen LogP contribution in [0.15, 0.2) is 47.4 Å². The van der Waals surface area contributed by atoms with E-state index in [4.69, 9.17) is 9.47 Å².